The molecule has 0 saturated heterocycles. The van der Waals surface area contributed by atoms with Crippen molar-refractivity contribution in [3.8, 4) is 5.75 Å². The van der Waals surface area contributed by atoms with Crippen molar-refractivity contribution in [2.24, 2.45) is 0 Å². The molecule has 0 aliphatic rings. The molecular formula is C13H16O5. The molecule has 0 aliphatic carbocycles. The van der Waals surface area contributed by atoms with Gasteiger partial charge in [0.15, 0.2) is 6.61 Å². The van der Waals surface area contributed by atoms with Crippen LogP contribution in [0, 0.1) is 0 Å². The lowest BCUT2D eigenvalue weighted by Gasteiger charge is -2.19. The van der Waals surface area contributed by atoms with Crippen LogP contribution in [0.3, 0.4) is 0 Å². The van der Waals surface area contributed by atoms with Gasteiger partial charge in [-0.1, -0.05) is 18.2 Å². The standard InChI is InChI=1S/C13H16O5/c1-13(2,3)18-11(14)9-16-12(15)17-10-7-5-4-6-8-10/h4-8H,9H2,1-3H3. The molecule has 98 valence electrons. The molecule has 0 spiro atoms. The Labute approximate surface area is 106 Å². The summed E-state index contributed by atoms with van der Waals surface area (Å²) in [6.07, 6.45) is -0.938. The second-order valence-electron chi connectivity index (χ2n) is 4.54. The number of esters is 1. The van der Waals surface area contributed by atoms with Crippen LogP contribution in [0.25, 0.3) is 0 Å². The molecule has 0 saturated carbocycles. The van der Waals surface area contributed by atoms with Crippen LogP contribution in [0.15, 0.2) is 30.3 Å². The van der Waals surface area contributed by atoms with Crippen molar-refractivity contribution in [1.82, 2.24) is 0 Å². The molecular weight excluding hydrogens is 236 g/mol. The van der Waals surface area contributed by atoms with E-state index >= 15 is 0 Å². The highest BCUT2D eigenvalue weighted by atomic mass is 16.7. The predicted octanol–water partition coefficient (Wildman–Crippen LogP) is 2.54. The van der Waals surface area contributed by atoms with E-state index in [1.165, 1.54) is 0 Å². The quantitative estimate of drug-likeness (QED) is 0.611. The summed E-state index contributed by atoms with van der Waals surface area (Å²) in [5.74, 6) is -0.265. The SMILES string of the molecule is CC(C)(C)OC(=O)COC(=O)Oc1ccccc1. The van der Waals surface area contributed by atoms with E-state index in [4.69, 9.17) is 9.47 Å². The van der Waals surface area contributed by atoms with Crippen LogP contribution >= 0.6 is 0 Å². The van der Waals surface area contributed by atoms with E-state index in [-0.39, 0.29) is 0 Å². The highest BCUT2D eigenvalue weighted by Gasteiger charge is 2.18. The van der Waals surface area contributed by atoms with E-state index in [2.05, 4.69) is 4.74 Å². The average Bonchev–Trinajstić information content (AvgIpc) is 2.25. The Morgan fingerprint density at radius 2 is 1.72 bits per heavy atom. The molecule has 0 aliphatic heterocycles. The first-order valence-electron chi connectivity index (χ1n) is 5.48. The highest BCUT2D eigenvalue weighted by Crippen LogP contribution is 2.10. The minimum absolute atomic E-state index is 0.353. The summed E-state index contributed by atoms with van der Waals surface area (Å²) in [5, 5.41) is 0. The van der Waals surface area contributed by atoms with E-state index < -0.39 is 24.3 Å². The van der Waals surface area contributed by atoms with Gasteiger partial charge >= 0.3 is 12.1 Å². The molecule has 0 atom stereocenters. The molecule has 0 N–H and O–H groups in total. The molecule has 0 fully saturated rings. The minimum Gasteiger partial charge on any atom is -0.457 e. The fraction of sp³-hybridized carbons (Fsp3) is 0.385. The van der Waals surface area contributed by atoms with Crippen molar-refractivity contribution < 1.29 is 23.8 Å². The highest BCUT2D eigenvalue weighted by molar-refractivity contribution is 5.74. The van der Waals surface area contributed by atoms with E-state index in [9.17, 15) is 9.59 Å². The van der Waals surface area contributed by atoms with Crippen LogP contribution < -0.4 is 4.74 Å². The zero-order chi connectivity index (χ0) is 13.6. The molecule has 5 heteroatoms. The first-order valence-corrected chi connectivity index (χ1v) is 5.48. The first kappa shape index (κ1) is 14.0. The van der Waals surface area contributed by atoms with E-state index in [1.54, 1.807) is 51.1 Å². The average molecular weight is 252 g/mol. The maximum absolute atomic E-state index is 11.3. The summed E-state index contributed by atoms with van der Waals surface area (Å²) >= 11 is 0. The van der Waals surface area contributed by atoms with E-state index in [0.29, 0.717) is 5.75 Å². The molecule has 0 bridgehead atoms. The number of carbonyl (C=O) groups excluding carboxylic acids is 2. The fourth-order valence-electron chi connectivity index (χ4n) is 1.10. The van der Waals surface area contributed by atoms with Gasteiger partial charge in [0, 0.05) is 0 Å². The Bertz CT molecular complexity index is 405. The molecule has 0 amide bonds. The van der Waals surface area contributed by atoms with Gasteiger partial charge in [-0.2, -0.15) is 0 Å². The van der Waals surface area contributed by atoms with Crippen molar-refractivity contribution >= 4 is 12.1 Å². The summed E-state index contributed by atoms with van der Waals surface area (Å²) in [5.41, 5.74) is -0.607. The summed E-state index contributed by atoms with van der Waals surface area (Å²) in [7, 11) is 0. The van der Waals surface area contributed by atoms with Crippen molar-refractivity contribution in [3.05, 3.63) is 30.3 Å². The van der Waals surface area contributed by atoms with Crippen LogP contribution in [-0.4, -0.2) is 24.3 Å². The lowest BCUT2D eigenvalue weighted by atomic mass is 10.2. The number of hydrogen-bond donors (Lipinski definition) is 0. The Balaban J connectivity index is 2.32. The van der Waals surface area contributed by atoms with Crippen LogP contribution in [0.1, 0.15) is 20.8 Å². The lowest BCUT2D eigenvalue weighted by Crippen LogP contribution is -2.27. The number of rotatable bonds is 3. The molecule has 18 heavy (non-hydrogen) atoms. The zero-order valence-electron chi connectivity index (χ0n) is 10.6. The fourth-order valence-corrected chi connectivity index (χ4v) is 1.10. The van der Waals surface area contributed by atoms with Crippen molar-refractivity contribution in [1.29, 1.82) is 0 Å². The summed E-state index contributed by atoms with van der Waals surface area (Å²) in [6, 6.07) is 8.44. The number of hydrogen-bond acceptors (Lipinski definition) is 5. The van der Waals surface area contributed by atoms with E-state index in [1.807, 2.05) is 0 Å². The number of ether oxygens (including phenoxy) is 3. The van der Waals surface area contributed by atoms with Gasteiger partial charge in [0.1, 0.15) is 11.4 Å². The summed E-state index contributed by atoms with van der Waals surface area (Å²) in [4.78, 5) is 22.5. The molecule has 0 unspecified atom stereocenters. The van der Waals surface area contributed by atoms with Gasteiger partial charge in [0.05, 0.1) is 0 Å². The number of carbonyl (C=O) groups is 2. The van der Waals surface area contributed by atoms with Gasteiger partial charge in [-0.25, -0.2) is 9.59 Å². The Kier molecular flexibility index (Phi) is 4.71. The maximum atomic E-state index is 11.3. The van der Waals surface area contributed by atoms with Crippen LogP contribution in [-0.2, 0) is 14.3 Å². The molecule has 5 nitrogen and oxygen atoms in total. The lowest BCUT2D eigenvalue weighted by molar-refractivity contribution is -0.158. The van der Waals surface area contributed by atoms with Crippen molar-refractivity contribution in [2.45, 2.75) is 26.4 Å². The van der Waals surface area contributed by atoms with Gasteiger partial charge in [0.2, 0.25) is 0 Å². The van der Waals surface area contributed by atoms with Crippen molar-refractivity contribution in [3.63, 3.8) is 0 Å². The van der Waals surface area contributed by atoms with Gasteiger partial charge < -0.3 is 14.2 Å². The Morgan fingerprint density at radius 3 is 2.28 bits per heavy atom. The molecule has 0 radical (unpaired) electrons. The second-order valence-corrected chi connectivity index (χ2v) is 4.54. The zero-order valence-corrected chi connectivity index (χ0v) is 10.6. The maximum Gasteiger partial charge on any atom is 0.514 e. The second kappa shape index (κ2) is 6.05. The third-order valence-electron chi connectivity index (χ3n) is 1.67. The van der Waals surface area contributed by atoms with Gasteiger partial charge in [-0.05, 0) is 32.9 Å². The van der Waals surface area contributed by atoms with E-state index in [0.717, 1.165) is 0 Å². The first-order chi connectivity index (χ1) is 8.37. The topological polar surface area (TPSA) is 61.8 Å². The largest absolute Gasteiger partial charge is 0.514 e. The monoisotopic (exact) mass is 252 g/mol. The minimum atomic E-state index is -0.938. The third-order valence-corrected chi connectivity index (χ3v) is 1.67. The van der Waals surface area contributed by atoms with Crippen LogP contribution in [0.2, 0.25) is 0 Å². The molecule has 0 heterocycles. The normalized spacial score (nSPS) is 10.6. The van der Waals surface area contributed by atoms with Crippen LogP contribution in [0.4, 0.5) is 4.79 Å². The summed E-state index contributed by atoms with van der Waals surface area (Å²) in [6.45, 7) is 4.72. The van der Waals surface area contributed by atoms with Gasteiger partial charge in [-0.3, -0.25) is 0 Å². The van der Waals surface area contributed by atoms with Crippen molar-refractivity contribution in [2.75, 3.05) is 6.61 Å². The number of benzene rings is 1. The Hall–Kier alpha value is -2.04. The molecule has 0 aromatic heterocycles. The van der Waals surface area contributed by atoms with Gasteiger partial charge in [0.25, 0.3) is 0 Å². The van der Waals surface area contributed by atoms with Crippen LogP contribution in [0.5, 0.6) is 5.75 Å². The Morgan fingerprint density at radius 1 is 1.11 bits per heavy atom. The molecule has 1 aromatic rings. The number of para-hydroxylation sites is 1. The van der Waals surface area contributed by atoms with Gasteiger partial charge in [-0.15, -0.1) is 0 Å². The third kappa shape index (κ3) is 5.89. The smallest absolute Gasteiger partial charge is 0.457 e. The summed E-state index contributed by atoms with van der Waals surface area (Å²) < 4.78 is 14.4. The predicted molar refractivity (Wildman–Crippen MR) is 64.3 cm³/mol. The molecule has 1 aromatic carbocycles. The molecule has 1 rings (SSSR count).